The molecule has 0 aliphatic carbocycles. The second-order valence-electron chi connectivity index (χ2n) is 12.3. The zero-order valence-electron chi connectivity index (χ0n) is 27.1. The van der Waals surface area contributed by atoms with E-state index in [0.717, 1.165) is 38.7 Å². The molecule has 0 aliphatic rings. The minimum Gasteiger partial charge on any atom is -0.256 e. The predicted octanol–water partition coefficient (Wildman–Crippen LogP) is 11.6. The van der Waals surface area contributed by atoms with Crippen LogP contribution in [0.4, 0.5) is 0 Å². The number of hydrogen-bond donors (Lipinski definition) is 0. The van der Waals surface area contributed by atoms with Gasteiger partial charge in [-0.2, -0.15) is 0 Å². The Bertz CT molecular complexity index is 2550. The number of benzene rings is 7. The Morgan fingerprint density at radius 3 is 1.34 bits per heavy atom. The topological polar surface area (TPSA) is 51.6 Å². The van der Waals surface area contributed by atoms with Crippen LogP contribution < -0.4 is 0 Å². The second-order valence-corrected chi connectivity index (χ2v) is 12.3. The molecule has 2 aromatic heterocycles. The third-order valence-corrected chi connectivity index (χ3v) is 9.19. The van der Waals surface area contributed by atoms with E-state index in [1.807, 2.05) is 72.9 Å². The normalized spacial score (nSPS) is 11.2. The quantitative estimate of drug-likeness (QED) is 0.182. The maximum atomic E-state index is 4.89. The Hall–Kier alpha value is -6.78. The Balaban J connectivity index is 1.02. The third-order valence-electron chi connectivity index (χ3n) is 9.19. The highest BCUT2D eigenvalue weighted by molar-refractivity contribution is 5.95. The molecular weight excluding hydrogens is 609 g/mol. The zero-order valence-corrected chi connectivity index (χ0v) is 27.1. The molecule has 0 fully saturated rings. The number of rotatable bonds is 6. The lowest BCUT2D eigenvalue weighted by Gasteiger charge is -2.10. The molecule has 9 rings (SSSR count). The Labute approximate surface area is 290 Å². The van der Waals surface area contributed by atoms with Gasteiger partial charge < -0.3 is 0 Å². The molecule has 0 spiro atoms. The molecule has 9 aromatic rings. The number of hydrogen-bond acceptors (Lipinski definition) is 4. The van der Waals surface area contributed by atoms with Gasteiger partial charge >= 0.3 is 0 Å². The van der Waals surface area contributed by atoms with E-state index in [9.17, 15) is 0 Å². The van der Waals surface area contributed by atoms with Crippen molar-refractivity contribution in [2.45, 2.75) is 0 Å². The molecule has 0 bridgehead atoms. The maximum absolute atomic E-state index is 4.89. The maximum Gasteiger partial charge on any atom is 0.164 e. The van der Waals surface area contributed by atoms with Gasteiger partial charge in [0.25, 0.3) is 0 Å². The first kappa shape index (κ1) is 29.4. The number of aromatic nitrogens is 4. The fourth-order valence-electron chi connectivity index (χ4n) is 6.55. The van der Waals surface area contributed by atoms with Crippen molar-refractivity contribution < 1.29 is 0 Å². The highest BCUT2D eigenvalue weighted by Crippen LogP contribution is 2.33. The summed E-state index contributed by atoms with van der Waals surface area (Å²) >= 11 is 0. The number of nitrogens with zero attached hydrogens (tertiary/aromatic N) is 4. The van der Waals surface area contributed by atoms with E-state index in [1.165, 1.54) is 33.0 Å². The summed E-state index contributed by atoms with van der Waals surface area (Å²) in [6.45, 7) is 0. The summed E-state index contributed by atoms with van der Waals surface area (Å²) in [6, 6.07) is 61.2. The van der Waals surface area contributed by atoms with Crippen molar-refractivity contribution in [3.05, 3.63) is 182 Å². The largest absolute Gasteiger partial charge is 0.256 e. The molecule has 50 heavy (non-hydrogen) atoms. The Morgan fingerprint density at radius 2 is 0.780 bits per heavy atom. The molecule has 234 valence electrons. The van der Waals surface area contributed by atoms with Gasteiger partial charge in [0.05, 0.1) is 5.52 Å². The molecule has 7 aromatic carbocycles. The molecule has 0 amide bonds. The van der Waals surface area contributed by atoms with E-state index in [2.05, 4.69) is 114 Å². The van der Waals surface area contributed by atoms with Gasteiger partial charge in [0, 0.05) is 28.3 Å². The molecule has 0 radical (unpaired) electrons. The van der Waals surface area contributed by atoms with E-state index < -0.39 is 0 Å². The first-order valence-corrected chi connectivity index (χ1v) is 16.7. The van der Waals surface area contributed by atoms with Crippen LogP contribution in [0, 0.1) is 0 Å². The summed E-state index contributed by atoms with van der Waals surface area (Å²) in [4.78, 5) is 19.1. The lowest BCUT2D eigenvalue weighted by molar-refractivity contribution is 1.07. The average Bonchev–Trinajstić information content (AvgIpc) is 3.21. The minimum absolute atomic E-state index is 0.649. The molecule has 0 aliphatic heterocycles. The molecule has 2 heterocycles. The Kier molecular flexibility index (Phi) is 7.45. The van der Waals surface area contributed by atoms with E-state index in [1.54, 1.807) is 0 Å². The van der Waals surface area contributed by atoms with E-state index in [0.29, 0.717) is 17.5 Å². The second kappa shape index (κ2) is 12.7. The average molecular weight is 639 g/mol. The van der Waals surface area contributed by atoms with Crippen LogP contribution in [0.15, 0.2) is 182 Å². The summed E-state index contributed by atoms with van der Waals surface area (Å²) in [7, 11) is 0. The summed E-state index contributed by atoms with van der Waals surface area (Å²) in [5.74, 6) is 1.96. The monoisotopic (exact) mass is 638 g/mol. The van der Waals surface area contributed by atoms with Gasteiger partial charge in [-0.1, -0.05) is 152 Å². The first-order valence-electron chi connectivity index (χ1n) is 16.7. The van der Waals surface area contributed by atoms with Crippen molar-refractivity contribution in [3.63, 3.8) is 0 Å². The molecule has 4 heteroatoms. The van der Waals surface area contributed by atoms with Crippen molar-refractivity contribution >= 4 is 21.7 Å². The molecular formula is C46H30N4. The predicted molar refractivity (Wildman–Crippen MR) is 205 cm³/mol. The van der Waals surface area contributed by atoms with Crippen LogP contribution in [0.1, 0.15) is 0 Å². The van der Waals surface area contributed by atoms with E-state index >= 15 is 0 Å². The van der Waals surface area contributed by atoms with Crippen molar-refractivity contribution in [1.29, 1.82) is 0 Å². The summed E-state index contributed by atoms with van der Waals surface area (Å²) < 4.78 is 0. The zero-order chi connectivity index (χ0) is 33.3. The van der Waals surface area contributed by atoms with Gasteiger partial charge in [-0.25, -0.2) is 15.0 Å². The molecule has 0 saturated carbocycles. The minimum atomic E-state index is 0.649. The van der Waals surface area contributed by atoms with Gasteiger partial charge in [-0.3, -0.25) is 4.98 Å². The van der Waals surface area contributed by atoms with Crippen molar-refractivity contribution in [3.8, 4) is 67.5 Å². The van der Waals surface area contributed by atoms with Crippen molar-refractivity contribution in [1.82, 2.24) is 19.9 Å². The molecule has 0 N–H and O–H groups in total. The van der Waals surface area contributed by atoms with Gasteiger partial charge in [-0.15, -0.1) is 0 Å². The fourth-order valence-corrected chi connectivity index (χ4v) is 6.55. The fraction of sp³-hybridized carbons (Fsp3) is 0. The van der Waals surface area contributed by atoms with Crippen molar-refractivity contribution in [2.75, 3.05) is 0 Å². The van der Waals surface area contributed by atoms with Crippen LogP contribution in [-0.2, 0) is 0 Å². The third kappa shape index (κ3) is 5.69. The molecule has 0 atom stereocenters. The van der Waals surface area contributed by atoms with Crippen LogP contribution >= 0.6 is 0 Å². The number of pyridine rings is 1. The molecule has 0 unspecified atom stereocenters. The van der Waals surface area contributed by atoms with Gasteiger partial charge in [-0.05, 0) is 68.4 Å². The smallest absolute Gasteiger partial charge is 0.164 e. The standard InChI is InChI=1S/C46H30N4/c1-3-9-35(10-4-1)44-48-45(36-11-5-2-6-12-36)50-46(49-44)37-24-18-32(19-25-37)39-27-21-33-20-26-38(29-40(33)30-39)31-16-22-34(23-17-31)41-13-7-15-43-42(41)14-8-28-47-43/h1-30H. The van der Waals surface area contributed by atoms with E-state index in [4.69, 9.17) is 15.0 Å². The summed E-state index contributed by atoms with van der Waals surface area (Å²) in [5, 5.41) is 3.57. The highest BCUT2D eigenvalue weighted by Gasteiger charge is 2.13. The lowest BCUT2D eigenvalue weighted by Crippen LogP contribution is -2.00. The van der Waals surface area contributed by atoms with Gasteiger partial charge in [0.2, 0.25) is 0 Å². The summed E-state index contributed by atoms with van der Waals surface area (Å²) in [6.07, 6.45) is 1.84. The SMILES string of the molecule is c1ccc(-c2nc(-c3ccccc3)nc(-c3ccc(-c4ccc5ccc(-c6ccc(-c7cccc8ncccc78)cc6)cc5c4)cc3)n2)cc1. The first-order chi connectivity index (χ1) is 24.7. The Morgan fingerprint density at radius 1 is 0.300 bits per heavy atom. The van der Waals surface area contributed by atoms with Crippen LogP contribution in [0.3, 0.4) is 0 Å². The highest BCUT2D eigenvalue weighted by atomic mass is 15.0. The lowest BCUT2D eigenvalue weighted by atomic mass is 9.95. The summed E-state index contributed by atoms with van der Waals surface area (Å²) in [5.41, 5.74) is 10.9. The van der Waals surface area contributed by atoms with E-state index in [-0.39, 0.29) is 0 Å². The van der Waals surface area contributed by atoms with Crippen molar-refractivity contribution in [2.24, 2.45) is 0 Å². The van der Waals surface area contributed by atoms with Crippen LogP contribution in [0.5, 0.6) is 0 Å². The van der Waals surface area contributed by atoms with Crippen LogP contribution in [-0.4, -0.2) is 19.9 Å². The molecule has 4 nitrogen and oxygen atoms in total. The number of fused-ring (bicyclic) bond motifs is 2. The van der Waals surface area contributed by atoms with Crippen LogP contribution in [0.2, 0.25) is 0 Å². The van der Waals surface area contributed by atoms with Gasteiger partial charge in [0.15, 0.2) is 17.5 Å². The van der Waals surface area contributed by atoms with Gasteiger partial charge in [0.1, 0.15) is 0 Å². The molecule has 0 saturated heterocycles. The van der Waals surface area contributed by atoms with Crippen LogP contribution in [0.25, 0.3) is 89.2 Å².